The van der Waals surface area contributed by atoms with Crippen LogP contribution in [0, 0.1) is 12.8 Å². The van der Waals surface area contributed by atoms with Crippen molar-refractivity contribution in [1.29, 1.82) is 0 Å². The van der Waals surface area contributed by atoms with Crippen molar-refractivity contribution in [2.24, 2.45) is 5.92 Å². The first-order chi connectivity index (χ1) is 14.5. The molecule has 3 aromatic rings. The highest BCUT2D eigenvalue weighted by Gasteiger charge is 2.29. The first-order valence-corrected chi connectivity index (χ1v) is 10.5. The number of hydrogen-bond acceptors (Lipinski definition) is 4. The van der Waals surface area contributed by atoms with E-state index >= 15 is 0 Å². The number of aliphatic carboxylic acids is 1. The number of ether oxygens (including phenoxy) is 1. The lowest BCUT2D eigenvalue weighted by molar-refractivity contribution is -0.142. The SMILES string of the molecule is Cc1oc(-c2ccccc2)nc1CCOc1ccc2c(c1)CCC[C@@H]2C(C)C(=O)O. The van der Waals surface area contributed by atoms with Gasteiger partial charge in [0, 0.05) is 12.0 Å². The molecule has 0 saturated carbocycles. The second-order valence-corrected chi connectivity index (χ2v) is 7.97. The molecule has 5 heteroatoms. The van der Waals surface area contributed by atoms with Crippen LogP contribution in [0.4, 0.5) is 0 Å². The lowest BCUT2D eigenvalue weighted by atomic mass is 9.76. The number of aryl methyl sites for hydroxylation is 2. The number of carboxylic acid groups (broad SMARTS) is 1. The predicted molar refractivity (Wildman–Crippen MR) is 115 cm³/mol. The lowest BCUT2D eigenvalue weighted by Crippen LogP contribution is -2.22. The Balaban J connectivity index is 1.41. The minimum atomic E-state index is -0.731. The summed E-state index contributed by atoms with van der Waals surface area (Å²) in [6.45, 7) is 4.24. The topological polar surface area (TPSA) is 72.6 Å². The van der Waals surface area contributed by atoms with Gasteiger partial charge in [-0.1, -0.05) is 31.2 Å². The van der Waals surface area contributed by atoms with E-state index in [-0.39, 0.29) is 11.8 Å². The molecule has 1 N–H and O–H groups in total. The highest BCUT2D eigenvalue weighted by molar-refractivity contribution is 5.71. The number of oxazole rings is 1. The molecule has 1 heterocycles. The van der Waals surface area contributed by atoms with Crippen molar-refractivity contribution in [2.45, 2.75) is 45.4 Å². The van der Waals surface area contributed by atoms with E-state index in [0.29, 0.717) is 18.9 Å². The van der Waals surface area contributed by atoms with E-state index in [0.717, 1.165) is 47.6 Å². The minimum Gasteiger partial charge on any atom is -0.493 e. The van der Waals surface area contributed by atoms with Gasteiger partial charge in [-0.15, -0.1) is 0 Å². The van der Waals surface area contributed by atoms with Crippen molar-refractivity contribution in [2.75, 3.05) is 6.61 Å². The van der Waals surface area contributed by atoms with Gasteiger partial charge in [-0.2, -0.15) is 0 Å². The molecule has 0 radical (unpaired) electrons. The number of fused-ring (bicyclic) bond motifs is 1. The second kappa shape index (κ2) is 8.74. The standard InChI is InChI=1S/C25H27NO4/c1-16(25(27)28)21-10-6-9-19-15-20(11-12-22(19)21)29-14-13-23-17(2)30-24(26-23)18-7-4-3-5-8-18/h3-5,7-8,11-12,15-16,21H,6,9-10,13-14H2,1-2H3,(H,27,28)/t16?,21-/m1/s1. The molecule has 30 heavy (non-hydrogen) atoms. The highest BCUT2D eigenvalue weighted by atomic mass is 16.5. The molecule has 0 bridgehead atoms. The summed E-state index contributed by atoms with van der Waals surface area (Å²) < 4.78 is 11.8. The molecule has 2 aromatic carbocycles. The molecule has 1 aliphatic carbocycles. The van der Waals surface area contributed by atoms with Crippen molar-refractivity contribution >= 4 is 5.97 Å². The predicted octanol–water partition coefficient (Wildman–Crippen LogP) is 5.41. The maximum atomic E-state index is 11.4. The monoisotopic (exact) mass is 405 g/mol. The lowest BCUT2D eigenvalue weighted by Gasteiger charge is -2.28. The van der Waals surface area contributed by atoms with Gasteiger partial charge in [0.25, 0.3) is 0 Å². The quantitative estimate of drug-likeness (QED) is 0.569. The first-order valence-electron chi connectivity index (χ1n) is 10.5. The van der Waals surface area contributed by atoms with Gasteiger partial charge in [0.05, 0.1) is 18.2 Å². The third kappa shape index (κ3) is 4.25. The van der Waals surface area contributed by atoms with Gasteiger partial charge in [-0.25, -0.2) is 4.98 Å². The molecule has 0 spiro atoms. The number of hydrogen-bond donors (Lipinski definition) is 1. The Morgan fingerprint density at radius 2 is 2.07 bits per heavy atom. The van der Waals surface area contributed by atoms with Gasteiger partial charge in [0.15, 0.2) is 0 Å². The molecule has 0 aliphatic heterocycles. The van der Waals surface area contributed by atoms with Crippen LogP contribution in [0.25, 0.3) is 11.5 Å². The summed E-state index contributed by atoms with van der Waals surface area (Å²) in [5, 5.41) is 9.40. The van der Waals surface area contributed by atoms with E-state index in [1.54, 1.807) is 6.92 Å². The molecule has 4 rings (SSSR count). The van der Waals surface area contributed by atoms with Crippen molar-refractivity contribution in [3.8, 4) is 17.2 Å². The van der Waals surface area contributed by atoms with E-state index in [1.807, 2.05) is 49.4 Å². The Hall–Kier alpha value is -3.08. The van der Waals surface area contributed by atoms with Crippen LogP contribution in [0.1, 0.15) is 48.3 Å². The molecule has 0 fully saturated rings. The van der Waals surface area contributed by atoms with Crippen LogP contribution < -0.4 is 4.74 Å². The van der Waals surface area contributed by atoms with Crippen LogP contribution in [0.2, 0.25) is 0 Å². The smallest absolute Gasteiger partial charge is 0.306 e. The van der Waals surface area contributed by atoms with E-state index in [4.69, 9.17) is 9.15 Å². The minimum absolute atomic E-state index is 0.0782. The third-order valence-electron chi connectivity index (χ3n) is 5.99. The average Bonchev–Trinajstić information content (AvgIpc) is 3.13. The fraction of sp³-hybridized carbons (Fsp3) is 0.360. The van der Waals surface area contributed by atoms with Crippen LogP contribution in [-0.2, 0) is 17.6 Å². The molecule has 2 atom stereocenters. The Kier molecular flexibility index (Phi) is 5.88. The normalized spacial score (nSPS) is 16.7. The van der Waals surface area contributed by atoms with E-state index in [9.17, 15) is 9.90 Å². The zero-order chi connectivity index (χ0) is 21.1. The van der Waals surface area contributed by atoms with Crippen LogP contribution in [0.15, 0.2) is 52.9 Å². The summed E-state index contributed by atoms with van der Waals surface area (Å²) in [7, 11) is 0. The highest BCUT2D eigenvalue weighted by Crippen LogP contribution is 2.38. The van der Waals surface area contributed by atoms with E-state index < -0.39 is 5.97 Å². The molecule has 5 nitrogen and oxygen atoms in total. The van der Waals surface area contributed by atoms with Crippen LogP contribution in [0.3, 0.4) is 0 Å². The molecule has 156 valence electrons. The van der Waals surface area contributed by atoms with Crippen molar-refractivity contribution < 1.29 is 19.1 Å². The number of carboxylic acids is 1. The maximum Gasteiger partial charge on any atom is 0.306 e. The summed E-state index contributed by atoms with van der Waals surface area (Å²) in [6.07, 6.45) is 3.57. The Bertz CT molecular complexity index is 1020. The van der Waals surface area contributed by atoms with Crippen molar-refractivity contribution in [3.63, 3.8) is 0 Å². The molecular weight excluding hydrogens is 378 g/mol. The summed E-state index contributed by atoms with van der Waals surface area (Å²) in [4.78, 5) is 16.1. The fourth-order valence-corrected chi connectivity index (χ4v) is 4.24. The number of carbonyl (C=O) groups is 1. The average molecular weight is 405 g/mol. The maximum absolute atomic E-state index is 11.4. The third-order valence-corrected chi connectivity index (χ3v) is 5.99. The van der Waals surface area contributed by atoms with E-state index in [1.165, 1.54) is 5.56 Å². The fourth-order valence-electron chi connectivity index (χ4n) is 4.24. The van der Waals surface area contributed by atoms with Crippen molar-refractivity contribution in [1.82, 2.24) is 4.98 Å². The van der Waals surface area contributed by atoms with Gasteiger partial charge >= 0.3 is 5.97 Å². The zero-order valence-electron chi connectivity index (χ0n) is 17.4. The second-order valence-electron chi connectivity index (χ2n) is 7.97. The number of benzene rings is 2. The first kappa shape index (κ1) is 20.2. The van der Waals surface area contributed by atoms with Crippen LogP contribution in [-0.4, -0.2) is 22.7 Å². The number of nitrogens with zero attached hydrogens (tertiary/aromatic N) is 1. The molecule has 0 amide bonds. The van der Waals surface area contributed by atoms with Gasteiger partial charge in [-0.05, 0) is 67.5 Å². The Morgan fingerprint density at radius 3 is 2.83 bits per heavy atom. The van der Waals surface area contributed by atoms with E-state index in [2.05, 4.69) is 11.1 Å². The molecule has 1 unspecified atom stereocenters. The molecule has 1 aliphatic rings. The van der Waals surface area contributed by atoms with Gasteiger partial charge in [0.2, 0.25) is 5.89 Å². The number of rotatable bonds is 7. The molecular formula is C25H27NO4. The van der Waals surface area contributed by atoms with Gasteiger partial charge < -0.3 is 14.3 Å². The number of aromatic nitrogens is 1. The van der Waals surface area contributed by atoms with Gasteiger partial charge in [0.1, 0.15) is 11.5 Å². The Morgan fingerprint density at radius 1 is 1.27 bits per heavy atom. The summed E-state index contributed by atoms with van der Waals surface area (Å²) >= 11 is 0. The van der Waals surface area contributed by atoms with Crippen molar-refractivity contribution in [3.05, 3.63) is 71.1 Å². The summed E-state index contributed by atoms with van der Waals surface area (Å²) in [5.74, 6) is 1.25. The largest absolute Gasteiger partial charge is 0.493 e. The molecule has 1 aromatic heterocycles. The van der Waals surface area contributed by atoms with Crippen LogP contribution in [0.5, 0.6) is 5.75 Å². The zero-order valence-corrected chi connectivity index (χ0v) is 17.4. The van der Waals surface area contributed by atoms with Crippen LogP contribution >= 0.6 is 0 Å². The summed E-state index contributed by atoms with van der Waals surface area (Å²) in [6, 6.07) is 15.9. The molecule has 0 saturated heterocycles. The summed E-state index contributed by atoms with van der Waals surface area (Å²) in [5.41, 5.74) is 4.24. The Labute approximate surface area is 176 Å². The van der Waals surface area contributed by atoms with Gasteiger partial charge in [-0.3, -0.25) is 4.79 Å².